The van der Waals surface area contributed by atoms with Crippen molar-refractivity contribution in [3.63, 3.8) is 0 Å². The summed E-state index contributed by atoms with van der Waals surface area (Å²) < 4.78 is 33.6. The van der Waals surface area contributed by atoms with E-state index in [1.165, 1.54) is 0 Å². The van der Waals surface area contributed by atoms with Crippen molar-refractivity contribution in [3.8, 4) is 0 Å². The fourth-order valence-electron chi connectivity index (χ4n) is 6.12. The highest BCUT2D eigenvalue weighted by Crippen LogP contribution is 2.40. The van der Waals surface area contributed by atoms with Crippen molar-refractivity contribution in [1.29, 1.82) is 0 Å². The normalized spacial score (nSPS) is 20.6. The van der Waals surface area contributed by atoms with E-state index in [0.717, 1.165) is 33.4 Å². The van der Waals surface area contributed by atoms with Gasteiger partial charge in [0.05, 0.1) is 38.6 Å². The molecule has 0 aliphatic carbocycles. The largest absolute Gasteiger partial charge is 0.478 e. The number of carboxylic acids is 1. The van der Waals surface area contributed by atoms with Crippen LogP contribution in [-0.4, -0.2) is 42.1 Å². The van der Waals surface area contributed by atoms with Crippen molar-refractivity contribution in [2.75, 3.05) is 6.61 Å². The van der Waals surface area contributed by atoms with Gasteiger partial charge < -0.3 is 28.8 Å². The number of ether oxygens (including phenoxy) is 5. The number of hydrogen-bond acceptors (Lipinski definition) is 6. The number of aryl methyl sites for hydroxylation is 1. The lowest BCUT2D eigenvalue weighted by molar-refractivity contribution is -0.275. The molecule has 1 N–H and O–H groups in total. The predicted octanol–water partition coefficient (Wildman–Crippen LogP) is 8.11. The lowest BCUT2D eigenvalue weighted by atomic mass is 9.88. The first-order valence-electron chi connectivity index (χ1n) is 16.6. The molecule has 49 heavy (non-hydrogen) atoms. The van der Waals surface area contributed by atoms with Crippen molar-refractivity contribution in [2.45, 2.75) is 63.9 Å². The Hall–Kier alpha value is -4.63. The molecule has 0 bridgehead atoms. The number of aromatic carboxylic acids is 1. The second-order valence-electron chi connectivity index (χ2n) is 12.3. The number of benzene rings is 5. The first kappa shape index (κ1) is 34.2. The molecule has 1 aliphatic heterocycles. The van der Waals surface area contributed by atoms with Crippen LogP contribution in [0.3, 0.4) is 0 Å². The van der Waals surface area contributed by atoms with Gasteiger partial charge in [0.1, 0.15) is 30.5 Å². The van der Waals surface area contributed by atoms with Gasteiger partial charge in [0.25, 0.3) is 0 Å². The number of carboxylic acid groups (broad SMARTS) is 1. The van der Waals surface area contributed by atoms with Crippen LogP contribution in [0.15, 0.2) is 140 Å². The Morgan fingerprint density at radius 2 is 1.04 bits per heavy atom. The van der Waals surface area contributed by atoms with Gasteiger partial charge in [0, 0.05) is 0 Å². The molecule has 1 saturated heterocycles. The standard InChI is InChI=1S/C42H42O7/c1-30-22-23-35(42(43)44)24-36(30)38-40(47-27-33-18-10-4-11-19-33)41(48-28-34-20-12-5-13-21-34)39(46-26-32-16-8-3-9-17-32)37(49-38)29-45-25-31-14-6-2-7-15-31/h2-24,37-41H,25-29H2,1H3,(H,43,44). The van der Waals surface area contributed by atoms with Crippen LogP contribution in [0.5, 0.6) is 0 Å². The minimum Gasteiger partial charge on any atom is -0.478 e. The van der Waals surface area contributed by atoms with E-state index >= 15 is 0 Å². The molecule has 5 aromatic carbocycles. The maximum absolute atomic E-state index is 12.1. The molecule has 0 amide bonds. The number of rotatable bonds is 15. The van der Waals surface area contributed by atoms with Crippen molar-refractivity contribution in [2.24, 2.45) is 0 Å². The van der Waals surface area contributed by atoms with Crippen LogP contribution in [-0.2, 0) is 50.1 Å². The SMILES string of the molecule is Cc1ccc(C(=O)O)cc1C1OC(COCc2ccccc2)C(OCc2ccccc2)C(OCc2ccccc2)C1OCc1ccccc1. The Balaban J connectivity index is 1.39. The smallest absolute Gasteiger partial charge is 0.335 e. The molecule has 5 aromatic rings. The lowest BCUT2D eigenvalue weighted by Gasteiger charge is -2.46. The zero-order valence-electron chi connectivity index (χ0n) is 27.6. The van der Waals surface area contributed by atoms with Gasteiger partial charge in [-0.25, -0.2) is 4.79 Å². The zero-order valence-corrected chi connectivity index (χ0v) is 27.6. The van der Waals surface area contributed by atoms with Crippen LogP contribution in [0.2, 0.25) is 0 Å². The third-order valence-corrected chi connectivity index (χ3v) is 8.72. The summed E-state index contributed by atoms with van der Waals surface area (Å²) in [6, 6.07) is 45.0. The van der Waals surface area contributed by atoms with Crippen molar-refractivity contribution in [3.05, 3.63) is 178 Å². The summed E-state index contributed by atoms with van der Waals surface area (Å²) in [4.78, 5) is 12.1. The third kappa shape index (κ3) is 9.29. The third-order valence-electron chi connectivity index (χ3n) is 8.72. The van der Waals surface area contributed by atoms with Crippen LogP contribution in [0.25, 0.3) is 0 Å². The highest BCUT2D eigenvalue weighted by Gasteiger charge is 2.49. The highest BCUT2D eigenvalue weighted by atomic mass is 16.6. The molecular weight excluding hydrogens is 616 g/mol. The summed E-state index contributed by atoms with van der Waals surface area (Å²) in [5, 5.41) is 9.94. The van der Waals surface area contributed by atoms with E-state index < -0.39 is 36.5 Å². The monoisotopic (exact) mass is 658 g/mol. The van der Waals surface area contributed by atoms with Crippen LogP contribution in [0.1, 0.15) is 49.8 Å². The Morgan fingerprint density at radius 3 is 1.53 bits per heavy atom. The molecule has 7 nitrogen and oxygen atoms in total. The van der Waals surface area contributed by atoms with E-state index in [1.807, 2.05) is 134 Å². The molecule has 0 saturated carbocycles. The Labute approximate surface area is 288 Å². The molecule has 0 radical (unpaired) electrons. The summed E-state index contributed by atoms with van der Waals surface area (Å²) in [5.41, 5.74) is 5.85. The van der Waals surface area contributed by atoms with Gasteiger partial charge in [0.15, 0.2) is 0 Å². The molecule has 0 spiro atoms. The van der Waals surface area contributed by atoms with Gasteiger partial charge in [0.2, 0.25) is 0 Å². The predicted molar refractivity (Wildman–Crippen MR) is 187 cm³/mol. The van der Waals surface area contributed by atoms with Crippen LogP contribution < -0.4 is 0 Å². The maximum atomic E-state index is 12.1. The maximum Gasteiger partial charge on any atom is 0.335 e. The van der Waals surface area contributed by atoms with Gasteiger partial charge in [-0.15, -0.1) is 0 Å². The zero-order chi connectivity index (χ0) is 33.8. The second kappa shape index (κ2) is 17.2. The molecule has 1 aliphatic rings. The van der Waals surface area contributed by atoms with E-state index in [-0.39, 0.29) is 12.2 Å². The number of hydrogen-bond donors (Lipinski definition) is 1. The van der Waals surface area contributed by atoms with Gasteiger partial charge in [-0.2, -0.15) is 0 Å². The van der Waals surface area contributed by atoms with Gasteiger partial charge >= 0.3 is 5.97 Å². The Kier molecular flexibility index (Phi) is 12.0. The first-order chi connectivity index (χ1) is 24.0. The molecule has 252 valence electrons. The summed E-state index contributed by atoms with van der Waals surface area (Å²) in [5.74, 6) is -1.01. The Bertz CT molecular complexity index is 1730. The van der Waals surface area contributed by atoms with Gasteiger partial charge in [-0.1, -0.05) is 127 Å². The molecule has 1 heterocycles. The van der Waals surface area contributed by atoms with E-state index in [4.69, 9.17) is 23.7 Å². The molecular formula is C42H42O7. The topological polar surface area (TPSA) is 83.5 Å². The average molecular weight is 659 g/mol. The minimum atomic E-state index is -1.01. The minimum absolute atomic E-state index is 0.173. The molecule has 5 unspecified atom stereocenters. The highest BCUT2D eigenvalue weighted by molar-refractivity contribution is 5.88. The van der Waals surface area contributed by atoms with E-state index in [0.29, 0.717) is 26.4 Å². The van der Waals surface area contributed by atoms with Crippen LogP contribution in [0, 0.1) is 6.92 Å². The first-order valence-corrected chi connectivity index (χ1v) is 16.6. The van der Waals surface area contributed by atoms with E-state index in [2.05, 4.69) is 0 Å². The second-order valence-corrected chi connectivity index (χ2v) is 12.3. The summed E-state index contributed by atoms with van der Waals surface area (Å²) in [7, 11) is 0. The molecule has 6 rings (SSSR count). The van der Waals surface area contributed by atoms with E-state index in [9.17, 15) is 9.90 Å². The van der Waals surface area contributed by atoms with Gasteiger partial charge in [-0.05, 0) is 52.4 Å². The molecule has 5 atom stereocenters. The summed E-state index contributed by atoms with van der Waals surface area (Å²) in [6.07, 6.45) is -3.09. The Morgan fingerprint density at radius 1 is 0.592 bits per heavy atom. The summed E-state index contributed by atoms with van der Waals surface area (Å²) in [6.45, 7) is 3.53. The van der Waals surface area contributed by atoms with Crippen molar-refractivity contribution >= 4 is 5.97 Å². The van der Waals surface area contributed by atoms with Crippen molar-refractivity contribution < 1.29 is 33.6 Å². The fraction of sp³-hybridized carbons (Fsp3) is 0.262. The van der Waals surface area contributed by atoms with E-state index in [1.54, 1.807) is 12.1 Å². The van der Waals surface area contributed by atoms with Gasteiger partial charge in [-0.3, -0.25) is 0 Å². The fourth-order valence-corrected chi connectivity index (χ4v) is 6.12. The van der Waals surface area contributed by atoms with Crippen molar-refractivity contribution in [1.82, 2.24) is 0 Å². The average Bonchev–Trinajstić information content (AvgIpc) is 3.14. The quantitative estimate of drug-likeness (QED) is 0.122. The summed E-state index contributed by atoms with van der Waals surface area (Å²) >= 11 is 0. The van der Waals surface area contributed by atoms with Crippen LogP contribution >= 0.6 is 0 Å². The van der Waals surface area contributed by atoms with Crippen LogP contribution in [0.4, 0.5) is 0 Å². The molecule has 1 fully saturated rings. The number of carbonyl (C=O) groups is 1. The molecule has 0 aromatic heterocycles. The molecule has 7 heteroatoms. The lowest BCUT2D eigenvalue weighted by Crippen LogP contribution is -2.58.